The molecule has 0 bridgehead atoms. The Hall–Kier alpha value is -3.50. The van der Waals surface area contributed by atoms with E-state index in [2.05, 4.69) is 55.6 Å². The Balaban J connectivity index is 1.54. The van der Waals surface area contributed by atoms with Gasteiger partial charge in [-0.1, -0.05) is 54.6 Å². The first-order valence-corrected chi connectivity index (χ1v) is 11.2. The maximum absolute atomic E-state index is 13.6. The molecule has 5 rings (SSSR count). The molecule has 4 aromatic rings. The van der Waals surface area contributed by atoms with Crippen LogP contribution in [0, 0.1) is 13.8 Å². The van der Waals surface area contributed by atoms with Crippen LogP contribution in [-0.2, 0) is 19.5 Å². The first kappa shape index (κ1) is 20.4. The van der Waals surface area contributed by atoms with Gasteiger partial charge < -0.3 is 10.2 Å². The highest BCUT2D eigenvalue weighted by molar-refractivity contribution is 6.13. The van der Waals surface area contributed by atoms with Gasteiger partial charge in [0.2, 0.25) is 0 Å². The highest BCUT2D eigenvalue weighted by atomic mass is 16.1. The minimum Gasteiger partial charge on any atom is -0.327 e. The van der Waals surface area contributed by atoms with E-state index in [1.54, 1.807) is 0 Å². The molecule has 4 heteroatoms. The number of quaternary nitrogens is 1. The van der Waals surface area contributed by atoms with Crippen molar-refractivity contribution in [2.45, 2.75) is 33.4 Å². The SMILES string of the molecule is Cc1cc(C)cc(NC(=O)c2c3c(nc4ccccc24)CC[NH+](Cc2ccccc2)C3)c1. The van der Waals surface area contributed by atoms with Crippen molar-refractivity contribution < 1.29 is 9.69 Å². The summed E-state index contributed by atoms with van der Waals surface area (Å²) in [6, 6.07) is 24.7. The van der Waals surface area contributed by atoms with Gasteiger partial charge in [-0.15, -0.1) is 0 Å². The number of benzene rings is 3. The molecular formula is C28H28N3O+. The molecular weight excluding hydrogens is 394 g/mol. The van der Waals surface area contributed by atoms with Gasteiger partial charge >= 0.3 is 0 Å². The van der Waals surface area contributed by atoms with Gasteiger partial charge in [0.05, 0.1) is 23.3 Å². The third kappa shape index (κ3) is 4.14. The van der Waals surface area contributed by atoms with Crippen LogP contribution in [0.15, 0.2) is 72.8 Å². The highest BCUT2D eigenvalue weighted by Crippen LogP contribution is 2.26. The molecule has 160 valence electrons. The van der Waals surface area contributed by atoms with Gasteiger partial charge in [0.25, 0.3) is 5.91 Å². The summed E-state index contributed by atoms with van der Waals surface area (Å²) >= 11 is 0. The van der Waals surface area contributed by atoms with Crippen molar-refractivity contribution in [2.24, 2.45) is 0 Å². The molecule has 1 aliphatic rings. The Morgan fingerprint density at radius 1 is 0.969 bits per heavy atom. The fourth-order valence-electron chi connectivity index (χ4n) is 4.87. The number of fused-ring (bicyclic) bond motifs is 2. The molecule has 2 N–H and O–H groups in total. The number of rotatable bonds is 4. The van der Waals surface area contributed by atoms with Gasteiger partial charge in [0.15, 0.2) is 0 Å². The Labute approximate surface area is 188 Å². The summed E-state index contributed by atoms with van der Waals surface area (Å²) < 4.78 is 0. The molecule has 0 fully saturated rings. The number of amides is 1. The largest absolute Gasteiger partial charge is 0.327 e. The van der Waals surface area contributed by atoms with Crippen molar-refractivity contribution in [3.05, 3.63) is 106 Å². The lowest BCUT2D eigenvalue weighted by molar-refractivity contribution is -0.929. The van der Waals surface area contributed by atoms with E-state index in [-0.39, 0.29) is 5.91 Å². The first-order valence-electron chi connectivity index (χ1n) is 11.2. The van der Waals surface area contributed by atoms with Crippen LogP contribution < -0.4 is 10.2 Å². The van der Waals surface area contributed by atoms with E-state index in [4.69, 9.17) is 4.98 Å². The number of anilines is 1. The molecule has 0 radical (unpaired) electrons. The van der Waals surface area contributed by atoms with Gasteiger partial charge in [-0.05, 0) is 43.2 Å². The molecule has 1 aromatic heterocycles. The average Bonchev–Trinajstić information content (AvgIpc) is 2.77. The van der Waals surface area contributed by atoms with E-state index in [0.717, 1.165) is 70.6 Å². The zero-order valence-corrected chi connectivity index (χ0v) is 18.6. The number of carbonyl (C=O) groups excluding carboxylic acids is 1. The number of pyridine rings is 1. The fraction of sp³-hybridized carbons (Fsp3) is 0.214. The number of hydrogen-bond donors (Lipinski definition) is 2. The number of aromatic nitrogens is 1. The number of nitrogens with one attached hydrogen (secondary N) is 2. The minimum atomic E-state index is -0.0502. The molecule has 0 aliphatic carbocycles. The van der Waals surface area contributed by atoms with Crippen LogP contribution in [0.3, 0.4) is 0 Å². The molecule has 1 amide bonds. The van der Waals surface area contributed by atoms with Crippen LogP contribution in [-0.4, -0.2) is 17.4 Å². The number of nitrogens with zero attached hydrogens (tertiary/aromatic N) is 1. The van der Waals surface area contributed by atoms with Gasteiger partial charge in [0, 0.05) is 28.6 Å². The smallest absolute Gasteiger partial charge is 0.256 e. The molecule has 2 heterocycles. The van der Waals surface area contributed by atoms with Crippen LogP contribution >= 0.6 is 0 Å². The third-order valence-electron chi connectivity index (χ3n) is 6.22. The molecule has 0 saturated heterocycles. The van der Waals surface area contributed by atoms with E-state index in [1.807, 2.05) is 36.4 Å². The van der Waals surface area contributed by atoms with Crippen molar-refractivity contribution in [1.29, 1.82) is 0 Å². The Bertz CT molecular complexity index is 1280. The Morgan fingerprint density at radius 3 is 2.47 bits per heavy atom. The molecule has 1 unspecified atom stereocenters. The second kappa shape index (κ2) is 8.56. The van der Waals surface area contributed by atoms with Gasteiger partial charge in [-0.2, -0.15) is 0 Å². The molecule has 0 spiro atoms. The van der Waals surface area contributed by atoms with E-state index in [0.29, 0.717) is 0 Å². The van der Waals surface area contributed by atoms with E-state index < -0.39 is 0 Å². The normalized spacial score (nSPS) is 15.4. The maximum atomic E-state index is 13.6. The molecule has 32 heavy (non-hydrogen) atoms. The Morgan fingerprint density at radius 2 is 1.69 bits per heavy atom. The van der Waals surface area contributed by atoms with Crippen molar-refractivity contribution in [2.75, 3.05) is 11.9 Å². The summed E-state index contributed by atoms with van der Waals surface area (Å²) in [4.78, 5) is 20.0. The highest BCUT2D eigenvalue weighted by Gasteiger charge is 2.28. The van der Waals surface area contributed by atoms with Gasteiger partial charge in [-0.25, -0.2) is 0 Å². The van der Waals surface area contributed by atoms with Crippen LogP contribution in [0.5, 0.6) is 0 Å². The zero-order chi connectivity index (χ0) is 22.1. The zero-order valence-electron chi connectivity index (χ0n) is 18.6. The molecule has 1 aliphatic heterocycles. The first-order chi connectivity index (χ1) is 15.6. The van der Waals surface area contributed by atoms with Crippen LogP contribution in [0.25, 0.3) is 10.9 Å². The number of hydrogen-bond acceptors (Lipinski definition) is 2. The van der Waals surface area contributed by atoms with Crippen molar-refractivity contribution in [1.82, 2.24) is 4.98 Å². The second-order valence-corrected chi connectivity index (χ2v) is 8.85. The van der Waals surface area contributed by atoms with Crippen LogP contribution in [0.2, 0.25) is 0 Å². The van der Waals surface area contributed by atoms with E-state index in [1.165, 1.54) is 10.5 Å². The monoisotopic (exact) mass is 422 g/mol. The summed E-state index contributed by atoms with van der Waals surface area (Å²) in [6.07, 6.45) is 0.881. The van der Waals surface area contributed by atoms with Crippen LogP contribution in [0.1, 0.15) is 38.3 Å². The number of para-hydroxylation sites is 1. The van der Waals surface area contributed by atoms with Crippen molar-refractivity contribution in [3.63, 3.8) is 0 Å². The van der Waals surface area contributed by atoms with Gasteiger partial charge in [-0.3, -0.25) is 9.78 Å². The maximum Gasteiger partial charge on any atom is 0.256 e. The summed E-state index contributed by atoms with van der Waals surface area (Å²) in [6.45, 7) is 6.88. The standard InChI is InChI=1S/C28H27N3O/c1-19-14-20(2)16-22(15-19)29-28(32)27-23-10-6-7-11-25(23)30-26-12-13-31(18-24(26)27)17-21-8-4-3-5-9-21/h3-11,14-16H,12-13,17-18H2,1-2H3,(H,29,32)/p+1. The van der Waals surface area contributed by atoms with Crippen LogP contribution in [0.4, 0.5) is 5.69 Å². The minimum absolute atomic E-state index is 0.0502. The fourth-order valence-corrected chi connectivity index (χ4v) is 4.87. The summed E-state index contributed by atoms with van der Waals surface area (Å²) in [5.74, 6) is -0.0502. The lowest BCUT2D eigenvalue weighted by Crippen LogP contribution is -3.10. The lowest BCUT2D eigenvalue weighted by atomic mass is 9.94. The molecule has 4 nitrogen and oxygen atoms in total. The summed E-state index contributed by atoms with van der Waals surface area (Å²) in [5, 5.41) is 4.10. The number of carbonyl (C=O) groups is 1. The average molecular weight is 423 g/mol. The second-order valence-electron chi connectivity index (χ2n) is 8.85. The van der Waals surface area contributed by atoms with E-state index in [9.17, 15) is 4.79 Å². The van der Waals surface area contributed by atoms with E-state index >= 15 is 0 Å². The third-order valence-corrected chi connectivity index (χ3v) is 6.22. The topological polar surface area (TPSA) is 46.4 Å². The lowest BCUT2D eigenvalue weighted by Gasteiger charge is -2.27. The van der Waals surface area contributed by atoms with Crippen molar-refractivity contribution in [3.8, 4) is 0 Å². The molecule has 0 saturated carbocycles. The summed E-state index contributed by atoms with van der Waals surface area (Å²) in [7, 11) is 0. The summed E-state index contributed by atoms with van der Waals surface area (Å²) in [5.41, 5.74) is 8.25. The predicted molar refractivity (Wildman–Crippen MR) is 129 cm³/mol. The predicted octanol–water partition coefficient (Wildman–Crippen LogP) is 4.25. The molecule has 1 atom stereocenters. The molecule has 3 aromatic carbocycles. The number of aryl methyl sites for hydroxylation is 2. The van der Waals surface area contributed by atoms with Gasteiger partial charge in [0.1, 0.15) is 13.1 Å². The van der Waals surface area contributed by atoms with Crippen molar-refractivity contribution >= 4 is 22.5 Å². The quantitative estimate of drug-likeness (QED) is 0.517. The Kier molecular flexibility index (Phi) is 5.46.